The highest BCUT2D eigenvalue weighted by Crippen LogP contribution is 2.21. The molecule has 0 saturated carbocycles. The third-order valence-electron chi connectivity index (χ3n) is 6.92. The number of hydrogen-bond donors (Lipinski definition) is 5. The van der Waals surface area contributed by atoms with Crippen molar-refractivity contribution < 1.29 is 42.5 Å². The lowest BCUT2D eigenvalue weighted by molar-refractivity contribution is -0.192. The lowest BCUT2D eigenvalue weighted by atomic mass is 10.1. The molecule has 1 atom stereocenters. The Labute approximate surface area is 276 Å². The maximum absolute atomic E-state index is 12.7. The maximum atomic E-state index is 12.7. The molecule has 0 saturated heterocycles. The fourth-order valence-corrected chi connectivity index (χ4v) is 4.44. The number of carbonyl (C=O) groups excluding carboxylic acids is 1. The number of halogens is 3. The number of rotatable bonds is 11. The number of alkyl carbamates (subject to hydrolysis) is 1. The monoisotopic (exact) mass is 680 g/mol. The molecule has 0 aliphatic rings. The number of carbonyl (C=O) groups is 3. The van der Waals surface area contributed by atoms with E-state index in [9.17, 15) is 32.7 Å². The molecule has 0 aliphatic heterocycles. The van der Waals surface area contributed by atoms with E-state index in [1.165, 1.54) is 6.20 Å². The lowest BCUT2D eigenvalue weighted by Crippen LogP contribution is -2.45. The summed E-state index contributed by atoms with van der Waals surface area (Å²) in [7, 11) is 0. The van der Waals surface area contributed by atoms with Crippen molar-refractivity contribution in [1.82, 2.24) is 24.8 Å². The van der Waals surface area contributed by atoms with E-state index in [0.29, 0.717) is 24.3 Å². The van der Waals surface area contributed by atoms with Crippen LogP contribution in [-0.4, -0.2) is 66.5 Å². The number of carboxylic acid groups (broad SMARTS) is 2. The van der Waals surface area contributed by atoms with Crippen LogP contribution in [0.3, 0.4) is 0 Å². The minimum absolute atomic E-state index is 0.00850. The van der Waals surface area contributed by atoms with Crippen LogP contribution in [-0.2, 0) is 33.9 Å². The molecule has 1 amide bonds. The quantitative estimate of drug-likeness (QED) is 0.130. The van der Waals surface area contributed by atoms with Gasteiger partial charge in [-0.15, -0.1) is 0 Å². The molecule has 256 valence electrons. The number of nitrogens with zero attached hydrogens (tertiary/aromatic N) is 3. The van der Waals surface area contributed by atoms with Crippen LogP contribution in [0.1, 0.15) is 16.7 Å². The topological polar surface area (TPSA) is 189 Å². The molecule has 5 N–H and O–H groups in total. The first-order valence-corrected chi connectivity index (χ1v) is 14.7. The Morgan fingerprint density at radius 2 is 1.59 bits per heavy atom. The molecule has 0 aliphatic carbocycles. The number of fused-ring (bicyclic) bond motifs is 1. The Morgan fingerprint density at radius 1 is 0.939 bits per heavy atom. The largest absolute Gasteiger partial charge is 0.490 e. The normalized spacial score (nSPS) is 11.6. The fourth-order valence-electron chi connectivity index (χ4n) is 4.44. The molecule has 13 nitrogen and oxygen atoms in total. The van der Waals surface area contributed by atoms with Crippen molar-refractivity contribution in [1.29, 1.82) is 0 Å². The van der Waals surface area contributed by atoms with Gasteiger partial charge in [0.05, 0.1) is 17.6 Å². The fraction of sp³-hybridized carbons (Fsp3) is 0.212. The number of alkyl halides is 3. The Hall–Kier alpha value is -6.19. The number of imidazole rings is 1. The van der Waals surface area contributed by atoms with Gasteiger partial charge in [-0.05, 0) is 36.6 Å². The molecule has 2 heterocycles. The van der Waals surface area contributed by atoms with Crippen molar-refractivity contribution in [2.24, 2.45) is 0 Å². The molecule has 0 fully saturated rings. The van der Waals surface area contributed by atoms with Crippen LogP contribution in [0.2, 0.25) is 0 Å². The summed E-state index contributed by atoms with van der Waals surface area (Å²) >= 11 is 0. The van der Waals surface area contributed by atoms with Crippen LogP contribution < -0.4 is 16.3 Å². The first-order chi connectivity index (χ1) is 23.3. The smallest absolute Gasteiger partial charge is 0.480 e. The number of ether oxygens (including phenoxy) is 1. The van der Waals surface area contributed by atoms with Gasteiger partial charge in [-0.1, -0.05) is 66.7 Å². The van der Waals surface area contributed by atoms with Gasteiger partial charge in [0.15, 0.2) is 0 Å². The molecule has 5 aromatic rings. The van der Waals surface area contributed by atoms with E-state index in [-0.39, 0.29) is 13.2 Å². The summed E-state index contributed by atoms with van der Waals surface area (Å²) in [5.41, 5.74) is 4.78. The van der Waals surface area contributed by atoms with E-state index in [4.69, 9.17) is 14.6 Å². The predicted molar refractivity (Wildman–Crippen MR) is 172 cm³/mol. The number of para-hydroxylation sites is 2. The number of aliphatic carboxylic acids is 2. The SMILES string of the molecule is Cc1cn(C[C@H](NC(=O)OCc2ccccc2)C(=O)O)c(=O)nc1NCCc1ccc(-c2nc3ccccc3[nH]2)cc1.O=C(O)C(F)(F)F. The van der Waals surface area contributed by atoms with E-state index in [0.717, 1.165) is 38.1 Å². The molecule has 49 heavy (non-hydrogen) atoms. The summed E-state index contributed by atoms with van der Waals surface area (Å²) < 4.78 is 38.0. The van der Waals surface area contributed by atoms with E-state index in [1.54, 1.807) is 31.2 Å². The number of anilines is 1. The number of carboxylic acids is 2. The van der Waals surface area contributed by atoms with Crippen molar-refractivity contribution >= 4 is 34.9 Å². The Kier molecular flexibility index (Phi) is 11.7. The Morgan fingerprint density at radius 3 is 2.22 bits per heavy atom. The van der Waals surface area contributed by atoms with Gasteiger partial charge in [-0.2, -0.15) is 18.2 Å². The Balaban J connectivity index is 0.000000698. The summed E-state index contributed by atoms with van der Waals surface area (Å²) in [6.45, 7) is 1.99. The highest BCUT2D eigenvalue weighted by Gasteiger charge is 2.38. The van der Waals surface area contributed by atoms with Crippen molar-refractivity contribution in [2.75, 3.05) is 11.9 Å². The third kappa shape index (κ3) is 10.4. The van der Waals surface area contributed by atoms with Crippen molar-refractivity contribution in [3.63, 3.8) is 0 Å². The molecule has 0 spiro atoms. The van der Waals surface area contributed by atoms with E-state index < -0.39 is 35.9 Å². The molecule has 2 aromatic heterocycles. The summed E-state index contributed by atoms with van der Waals surface area (Å²) in [5.74, 6) is -2.83. The second kappa shape index (κ2) is 16.1. The van der Waals surface area contributed by atoms with Gasteiger partial charge in [0.1, 0.15) is 24.3 Å². The van der Waals surface area contributed by atoms with Crippen LogP contribution in [0.4, 0.5) is 23.8 Å². The van der Waals surface area contributed by atoms with Gasteiger partial charge in [-0.25, -0.2) is 24.2 Å². The molecule has 0 radical (unpaired) electrons. The molecule has 16 heteroatoms. The second-order valence-electron chi connectivity index (χ2n) is 10.6. The number of aryl methyl sites for hydroxylation is 1. The summed E-state index contributed by atoms with van der Waals surface area (Å²) in [6.07, 6.45) is -3.76. The standard InChI is InChI=1S/C31H30N6O5.C2HF3O2/c1-20-17-37(18-26(29(38)39)35-31(41)42-19-22-7-3-2-4-8-22)30(40)36-27(20)32-16-15-21-11-13-23(14-12-21)28-33-24-9-5-6-10-25(24)34-28;3-2(4,5)1(6)7/h2-14,17,26H,15-16,18-19H2,1H3,(H,33,34)(H,35,41)(H,38,39)(H,32,36,40);(H,6,7)/t26-;/m0./s1. The third-order valence-corrected chi connectivity index (χ3v) is 6.92. The van der Waals surface area contributed by atoms with Crippen molar-refractivity contribution in [3.05, 3.63) is 112 Å². The first-order valence-electron chi connectivity index (χ1n) is 14.7. The van der Waals surface area contributed by atoms with Gasteiger partial charge in [0.25, 0.3) is 0 Å². The minimum atomic E-state index is -5.08. The summed E-state index contributed by atoms with van der Waals surface area (Å²) in [6, 6.07) is 23.6. The van der Waals surface area contributed by atoms with Crippen molar-refractivity contribution in [3.8, 4) is 11.4 Å². The highest BCUT2D eigenvalue weighted by atomic mass is 19.4. The number of amides is 1. The van der Waals surface area contributed by atoms with Crippen LogP contribution >= 0.6 is 0 Å². The van der Waals surface area contributed by atoms with E-state index >= 15 is 0 Å². The van der Waals surface area contributed by atoms with Crippen LogP contribution in [0.5, 0.6) is 0 Å². The predicted octanol–water partition coefficient (Wildman–Crippen LogP) is 4.76. The van der Waals surface area contributed by atoms with Crippen molar-refractivity contribution in [2.45, 2.75) is 38.7 Å². The average molecular weight is 681 g/mol. The highest BCUT2D eigenvalue weighted by molar-refractivity contribution is 5.80. The first kappa shape index (κ1) is 35.7. The zero-order valence-electron chi connectivity index (χ0n) is 25.9. The van der Waals surface area contributed by atoms with Crippen LogP contribution in [0.15, 0.2) is 89.9 Å². The summed E-state index contributed by atoms with van der Waals surface area (Å²) in [4.78, 5) is 57.6. The number of aromatic amines is 1. The molecule has 0 unspecified atom stereocenters. The Bertz CT molecular complexity index is 1930. The summed E-state index contributed by atoms with van der Waals surface area (Å²) in [5, 5.41) is 22.2. The number of aromatic nitrogens is 4. The molecule has 5 rings (SSSR count). The van der Waals surface area contributed by atoms with Gasteiger partial charge in [0, 0.05) is 23.9 Å². The van der Waals surface area contributed by atoms with Gasteiger partial charge < -0.3 is 30.6 Å². The zero-order chi connectivity index (χ0) is 35.6. The maximum Gasteiger partial charge on any atom is 0.490 e. The number of hydrogen-bond acceptors (Lipinski definition) is 8. The number of benzene rings is 3. The zero-order valence-corrected chi connectivity index (χ0v) is 25.9. The van der Waals surface area contributed by atoms with Gasteiger partial charge >= 0.3 is 29.9 Å². The minimum Gasteiger partial charge on any atom is -0.480 e. The number of H-pyrrole nitrogens is 1. The van der Waals surface area contributed by atoms with Crippen LogP contribution in [0.25, 0.3) is 22.4 Å². The van der Waals surface area contributed by atoms with Gasteiger partial charge in [-0.3, -0.25) is 4.57 Å². The second-order valence-corrected chi connectivity index (χ2v) is 10.6. The molecule has 3 aromatic carbocycles. The number of nitrogens with one attached hydrogen (secondary N) is 3. The molecular formula is C33H31F3N6O7. The average Bonchev–Trinajstić information content (AvgIpc) is 3.51. The molecular weight excluding hydrogens is 649 g/mol. The molecule has 0 bridgehead atoms. The van der Waals surface area contributed by atoms with Crippen LogP contribution in [0, 0.1) is 6.92 Å². The lowest BCUT2D eigenvalue weighted by Gasteiger charge is -2.17. The van der Waals surface area contributed by atoms with E-state index in [1.807, 2.05) is 54.6 Å². The van der Waals surface area contributed by atoms with E-state index in [2.05, 4.69) is 25.6 Å². The van der Waals surface area contributed by atoms with Gasteiger partial charge in [0.2, 0.25) is 0 Å².